The number of hydrogen-bond acceptors (Lipinski definition) is 5. The van der Waals surface area contributed by atoms with Crippen molar-refractivity contribution in [2.24, 2.45) is 0 Å². The Morgan fingerprint density at radius 1 is 1.06 bits per heavy atom. The van der Waals surface area contributed by atoms with Crippen LogP contribution in [0.5, 0.6) is 0 Å². The smallest absolute Gasteiger partial charge is 0.255 e. The lowest BCUT2D eigenvalue weighted by Gasteiger charge is -2.26. The molecule has 1 atom stereocenters. The molecule has 3 rings (SSSR count). The average molecular weight is 446 g/mol. The third kappa shape index (κ3) is 5.49. The largest absolute Gasteiger partial charge is 0.379 e. The van der Waals surface area contributed by atoms with Gasteiger partial charge in [-0.1, -0.05) is 25.1 Å². The van der Waals surface area contributed by atoms with E-state index in [1.807, 2.05) is 13.8 Å². The fraction of sp³-hybridized carbons (Fsp3) is 0.364. The highest BCUT2D eigenvalue weighted by Gasteiger charge is 2.27. The van der Waals surface area contributed by atoms with E-state index in [-0.39, 0.29) is 35.5 Å². The maximum atomic E-state index is 12.9. The topological polar surface area (TPSA) is 105 Å². The van der Waals surface area contributed by atoms with E-state index in [1.165, 1.54) is 28.6 Å². The van der Waals surface area contributed by atoms with Crippen LogP contribution in [-0.4, -0.2) is 56.9 Å². The minimum Gasteiger partial charge on any atom is -0.379 e. The Labute approximate surface area is 182 Å². The van der Waals surface area contributed by atoms with Crippen LogP contribution in [0.25, 0.3) is 0 Å². The Hall–Kier alpha value is -2.75. The second-order valence-corrected chi connectivity index (χ2v) is 9.26. The van der Waals surface area contributed by atoms with Gasteiger partial charge in [-0.25, -0.2) is 8.42 Å². The quantitative estimate of drug-likeness (QED) is 0.681. The zero-order valence-electron chi connectivity index (χ0n) is 17.6. The van der Waals surface area contributed by atoms with Crippen LogP contribution in [-0.2, 0) is 14.8 Å². The first-order chi connectivity index (χ1) is 14.8. The number of morpholine rings is 1. The van der Waals surface area contributed by atoms with Gasteiger partial charge in [-0.15, -0.1) is 0 Å². The first-order valence-corrected chi connectivity index (χ1v) is 11.7. The fourth-order valence-corrected chi connectivity index (χ4v) is 4.58. The van der Waals surface area contributed by atoms with Crippen molar-refractivity contribution in [2.45, 2.75) is 31.2 Å². The molecule has 0 aliphatic carbocycles. The van der Waals surface area contributed by atoms with E-state index in [2.05, 4.69) is 10.6 Å². The maximum absolute atomic E-state index is 12.9. The van der Waals surface area contributed by atoms with Gasteiger partial charge in [0.05, 0.1) is 29.4 Å². The lowest BCUT2D eigenvalue weighted by Crippen LogP contribution is -2.40. The number of nitrogens with zero attached hydrogens (tertiary/aromatic N) is 1. The SMILES string of the molecule is CC[C@H](C)NC(=O)c1ccccc1NC(=O)c1cccc(S(=O)(=O)N2CCOCC2)c1. The predicted molar refractivity (Wildman–Crippen MR) is 118 cm³/mol. The monoisotopic (exact) mass is 445 g/mol. The number of rotatable bonds is 7. The highest BCUT2D eigenvalue weighted by atomic mass is 32.2. The summed E-state index contributed by atoms with van der Waals surface area (Å²) in [6.07, 6.45) is 0.782. The summed E-state index contributed by atoms with van der Waals surface area (Å²) in [6, 6.07) is 12.6. The van der Waals surface area contributed by atoms with E-state index in [4.69, 9.17) is 4.74 Å². The molecule has 1 aliphatic rings. The Balaban J connectivity index is 1.81. The van der Waals surface area contributed by atoms with Gasteiger partial charge in [0, 0.05) is 24.7 Å². The molecule has 0 aromatic heterocycles. The third-order valence-corrected chi connectivity index (χ3v) is 7.01. The number of nitrogens with one attached hydrogen (secondary N) is 2. The summed E-state index contributed by atoms with van der Waals surface area (Å²) >= 11 is 0. The summed E-state index contributed by atoms with van der Waals surface area (Å²) in [4.78, 5) is 25.5. The van der Waals surface area contributed by atoms with Crippen molar-refractivity contribution in [1.29, 1.82) is 0 Å². The average Bonchev–Trinajstić information content (AvgIpc) is 2.80. The lowest BCUT2D eigenvalue weighted by atomic mass is 10.1. The number of sulfonamides is 1. The molecule has 1 heterocycles. The summed E-state index contributed by atoms with van der Waals surface area (Å²) in [5.41, 5.74) is 0.884. The molecule has 31 heavy (non-hydrogen) atoms. The van der Waals surface area contributed by atoms with Crippen molar-refractivity contribution < 1.29 is 22.7 Å². The normalized spacial score (nSPS) is 15.8. The fourth-order valence-electron chi connectivity index (χ4n) is 3.12. The number of benzene rings is 2. The van der Waals surface area contributed by atoms with E-state index in [0.717, 1.165) is 6.42 Å². The van der Waals surface area contributed by atoms with Crippen LogP contribution in [0.2, 0.25) is 0 Å². The van der Waals surface area contributed by atoms with Crippen LogP contribution < -0.4 is 10.6 Å². The van der Waals surface area contributed by atoms with Crippen molar-refractivity contribution in [3.8, 4) is 0 Å². The van der Waals surface area contributed by atoms with Crippen molar-refractivity contribution in [3.63, 3.8) is 0 Å². The molecular weight excluding hydrogens is 418 g/mol. The van der Waals surface area contributed by atoms with Crippen LogP contribution >= 0.6 is 0 Å². The predicted octanol–water partition coefficient (Wildman–Crippen LogP) is 2.49. The van der Waals surface area contributed by atoms with Gasteiger partial charge in [0.2, 0.25) is 10.0 Å². The van der Waals surface area contributed by atoms with Crippen LogP contribution in [0.3, 0.4) is 0 Å². The molecule has 0 unspecified atom stereocenters. The molecule has 0 saturated carbocycles. The highest BCUT2D eigenvalue weighted by molar-refractivity contribution is 7.89. The number of carbonyl (C=O) groups is 2. The third-order valence-electron chi connectivity index (χ3n) is 5.11. The van der Waals surface area contributed by atoms with Crippen LogP contribution in [0, 0.1) is 0 Å². The summed E-state index contributed by atoms with van der Waals surface area (Å²) in [5.74, 6) is -0.781. The van der Waals surface area contributed by atoms with Crippen LogP contribution in [0.1, 0.15) is 41.0 Å². The standard InChI is InChI=1S/C22H27N3O5S/c1-3-16(2)23-22(27)19-9-4-5-10-20(19)24-21(26)17-7-6-8-18(15-17)31(28,29)25-11-13-30-14-12-25/h4-10,15-16H,3,11-14H2,1-2H3,(H,23,27)(H,24,26)/t16-/m0/s1. The van der Waals surface area contributed by atoms with E-state index in [1.54, 1.807) is 24.3 Å². The maximum Gasteiger partial charge on any atom is 0.255 e. The van der Waals surface area contributed by atoms with Gasteiger partial charge in [0.15, 0.2) is 0 Å². The molecule has 166 valence electrons. The molecule has 2 N–H and O–H groups in total. The first-order valence-electron chi connectivity index (χ1n) is 10.2. The molecule has 8 nitrogen and oxygen atoms in total. The van der Waals surface area contributed by atoms with Crippen LogP contribution in [0.4, 0.5) is 5.69 Å². The van der Waals surface area contributed by atoms with Gasteiger partial charge >= 0.3 is 0 Å². The molecule has 1 aliphatic heterocycles. The molecule has 1 fully saturated rings. The Kier molecular flexibility index (Phi) is 7.42. The van der Waals surface area contributed by atoms with Gasteiger partial charge in [0.1, 0.15) is 0 Å². The Morgan fingerprint density at radius 2 is 1.77 bits per heavy atom. The summed E-state index contributed by atoms with van der Waals surface area (Å²) in [6.45, 7) is 5.11. The van der Waals surface area contributed by atoms with E-state index < -0.39 is 15.9 Å². The summed E-state index contributed by atoms with van der Waals surface area (Å²) in [7, 11) is -3.72. The van der Waals surface area contributed by atoms with Gasteiger partial charge in [0.25, 0.3) is 11.8 Å². The number of amides is 2. The minimum absolute atomic E-state index is 0.00154. The number of carbonyl (C=O) groups excluding carboxylic acids is 2. The van der Waals surface area contributed by atoms with Crippen molar-refractivity contribution in [3.05, 3.63) is 59.7 Å². The number of ether oxygens (including phenoxy) is 1. The number of para-hydroxylation sites is 1. The van der Waals surface area contributed by atoms with Crippen LogP contribution in [0.15, 0.2) is 53.4 Å². The van der Waals surface area contributed by atoms with Crippen molar-refractivity contribution in [1.82, 2.24) is 9.62 Å². The molecule has 0 radical (unpaired) electrons. The summed E-state index contributed by atoms with van der Waals surface area (Å²) < 4.78 is 32.3. The Bertz CT molecular complexity index is 1050. The van der Waals surface area contributed by atoms with Gasteiger partial charge in [-0.3, -0.25) is 9.59 Å². The second-order valence-electron chi connectivity index (χ2n) is 7.33. The first kappa shape index (κ1) is 22.9. The van der Waals surface area contributed by atoms with E-state index >= 15 is 0 Å². The zero-order valence-corrected chi connectivity index (χ0v) is 18.4. The second kappa shape index (κ2) is 10.0. The van der Waals surface area contributed by atoms with Gasteiger partial charge < -0.3 is 15.4 Å². The molecule has 9 heteroatoms. The molecule has 0 bridgehead atoms. The highest BCUT2D eigenvalue weighted by Crippen LogP contribution is 2.20. The zero-order chi connectivity index (χ0) is 22.4. The minimum atomic E-state index is -3.72. The molecular formula is C22H27N3O5S. The lowest BCUT2D eigenvalue weighted by molar-refractivity contribution is 0.0730. The van der Waals surface area contributed by atoms with E-state index in [9.17, 15) is 18.0 Å². The van der Waals surface area contributed by atoms with E-state index in [0.29, 0.717) is 24.5 Å². The molecule has 1 saturated heterocycles. The molecule has 2 amide bonds. The molecule has 2 aromatic rings. The molecule has 2 aromatic carbocycles. The number of anilines is 1. The van der Waals surface area contributed by atoms with Crippen molar-refractivity contribution >= 4 is 27.5 Å². The van der Waals surface area contributed by atoms with Gasteiger partial charge in [-0.05, 0) is 43.7 Å². The number of hydrogen-bond donors (Lipinski definition) is 2. The van der Waals surface area contributed by atoms with Crippen molar-refractivity contribution in [2.75, 3.05) is 31.6 Å². The Morgan fingerprint density at radius 3 is 2.48 bits per heavy atom. The van der Waals surface area contributed by atoms with Gasteiger partial charge in [-0.2, -0.15) is 4.31 Å². The summed E-state index contributed by atoms with van der Waals surface area (Å²) in [5, 5.41) is 5.61. The molecule has 0 spiro atoms.